The zero-order valence-electron chi connectivity index (χ0n) is 9.36. The maximum absolute atomic E-state index is 10.5. The van der Waals surface area contributed by atoms with Crippen LogP contribution in [0.5, 0.6) is 0 Å². The minimum atomic E-state index is -0.785. The Hall–Kier alpha value is -0.860. The molecule has 1 fully saturated rings. The summed E-state index contributed by atoms with van der Waals surface area (Å²) in [5, 5.41) is 10.5. The summed E-state index contributed by atoms with van der Waals surface area (Å²) in [6.45, 7) is 4.71. The van der Waals surface area contributed by atoms with Crippen molar-refractivity contribution in [3.63, 3.8) is 0 Å². The normalized spacial score (nSPS) is 30.7. The summed E-state index contributed by atoms with van der Waals surface area (Å²) in [6.07, 6.45) is 1.62. The second-order valence-corrected chi connectivity index (χ2v) is 4.24. The molecule has 82 valence electrons. The lowest BCUT2D eigenvalue weighted by molar-refractivity contribution is -0.0317. The van der Waals surface area contributed by atoms with E-state index in [4.69, 9.17) is 4.74 Å². The van der Waals surface area contributed by atoms with Gasteiger partial charge < -0.3 is 9.84 Å². The Morgan fingerprint density at radius 3 is 2.53 bits per heavy atom. The first-order chi connectivity index (χ1) is 7.16. The number of ether oxygens (including phenoxy) is 1. The van der Waals surface area contributed by atoms with Gasteiger partial charge in [0.25, 0.3) is 0 Å². The predicted octanol–water partition coefficient (Wildman–Crippen LogP) is 2.25. The molecule has 15 heavy (non-hydrogen) atoms. The van der Waals surface area contributed by atoms with Crippen LogP contribution in [0.2, 0.25) is 0 Å². The van der Waals surface area contributed by atoms with Crippen molar-refractivity contribution in [2.75, 3.05) is 6.61 Å². The van der Waals surface area contributed by atoms with Crippen molar-refractivity contribution in [3.05, 3.63) is 35.4 Å². The van der Waals surface area contributed by atoms with Gasteiger partial charge in [-0.25, -0.2) is 0 Å². The summed E-state index contributed by atoms with van der Waals surface area (Å²) >= 11 is 0. The molecular weight excluding hydrogens is 188 g/mol. The lowest BCUT2D eigenvalue weighted by Gasteiger charge is -2.26. The average molecular weight is 206 g/mol. The van der Waals surface area contributed by atoms with Gasteiger partial charge in [0.1, 0.15) is 5.60 Å². The molecule has 0 bridgehead atoms. The number of rotatable bonds is 2. The molecule has 1 aliphatic heterocycles. The van der Waals surface area contributed by atoms with Crippen LogP contribution in [-0.2, 0) is 16.8 Å². The van der Waals surface area contributed by atoms with Gasteiger partial charge in [-0.15, -0.1) is 0 Å². The van der Waals surface area contributed by atoms with E-state index in [1.54, 1.807) is 0 Å². The Morgan fingerprint density at radius 2 is 2.07 bits per heavy atom. The molecule has 1 aromatic rings. The van der Waals surface area contributed by atoms with Crippen LogP contribution in [0.1, 0.15) is 31.4 Å². The highest BCUT2D eigenvalue weighted by molar-refractivity contribution is 5.28. The Balaban J connectivity index is 2.28. The number of hydrogen-bond acceptors (Lipinski definition) is 2. The predicted molar refractivity (Wildman–Crippen MR) is 59.7 cm³/mol. The molecular formula is C13H18O2. The van der Waals surface area contributed by atoms with Gasteiger partial charge in [-0.1, -0.05) is 31.2 Å². The van der Waals surface area contributed by atoms with Crippen LogP contribution in [0.15, 0.2) is 24.3 Å². The topological polar surface area (TPSA) is 29.5 Å². The third kappa shape index (κ3) is 1.80. The first-order valence-electron chi connectivity index (χ1n) is 5.60. The molecule has 0 spiro atoms. The van der Waals surface area contributed by atoms with E-state index >= 15 is 0 Å². The van der Waals surface area contributed by atoms with Crippen LogP contribution >= 0.6 is 0 Å². The van der Waals surface area contributed by atoms with Gasteiger partial charge in [-0.05, 0) is 24.5 Å². The van der Waals surface area contributed by atoms with Gasteiger partial charge in [0.05, 0.1) is 12.7 Å². The van der Waals surface area contributed by atoms with E-state index in [1.165, 1.54) is 5.56 Å². The molecule has 0 aliphatic carbocycles. The summed E-state index contributed by atoms with van der Waals surface area (Å²) in [7, 11) is 0. The SMILES string of the molecule is CCc1ccc(C2(O)CCOC2C)cc1. The van der Waals surface area contributed by atoms with Crippen molar-refractivity contribution in [1.29, 1.82) is 0 Å². The molecule has 2 unspecified atom stereocenters. The Morgan fingerprint density at radius 1 is 1.40 bits per heavy atom. The van der Waals surface area contributed by atoms with E-state index in [-0.39, 0.29) is 6.10 Å². The highest BCUT2D eigenvalue weighted by Gasteiger charge is 2.40. The van der Waals surface area contributed by atoms with Gasteiger partial charge in [0.15, 0.2) is 0 Å². The molecule has 1 saturated heterocycles. The lowest BCUT2D eigenvalue weighted by Crippen LogP contribution is -2.33. The first-order valence-corrected chi connectivity index (χ1v) is 5.60. The first kappa shape index (κ1) is 10.7. The smallest absolute Gasteiger partial charge is 0.118 e. The van der Waals surface area contributed by atoms with Crippen molar-refractivity contribution < 1.29 is 9.84 Å². The highest BCUT2D eigenvalue weighted by Crippen LogP contribution is 2.35. The Kier molecular flexibility index (Phi) is 2.81. The van der Waals surface area contributed by atoms with E-state index in [1.807, 2.05) is 19.1 Å². The van der Waals surface area contributed by atoms with Gasteiger partial charge in [0.2, 0.25) is 0 Å². The molecule has 1 aromatic carbocycles. The van der Waals surface area contributed by atoms with Crippen LogP contribution in [0.4, 0.5) is 0 Å². The fourth-order valence-electron chi connectivity index (χ4n) is 2.14. The quantitative estimate of drug-likeness (QED) is 0.804. The van der Waals surface area contributed by atoms with Crippen molar-refractivity contribution >= 4 is 0 Å². The van der Waals surface area contributed by atoms with E-state index in [2.05, 4.69) is 19.1 Å². The molecule has 2 rings (SSSR count). The molecule has 1 heterocycles. The molecule has 2 atom stereocenters. The van der Waals surface area contributed by atoms with Crippen molar-refractivity contribution in [2.45, 2.75) is 38.4 Å². The van der Waals surface area contributed by atoms with Crippen molar-refractivity contribution in [1.82, 2.24) is 0 Å². The Labute approximate surface area is 90.9 Å². The van der Waals surface area contributed by atoms with E-state index in [0.717, 1.165) is 12.0 Å². The van der Waals surface area contributed by atoms with Gasteiger partial charge in [0, 0.05) is 6.42 Å². The summed E-state index contributed by atoms with van der Waals surface area (Å²) in [5.41, 5.74) is 1.49. The summed E-state index contributed by atoms with van der Waals surface area (Å²) in [5.74, 6) is 0. The van der Waals surface area contributed by atoms with Gasteiger partial charge >= 0.3 is 0 Å². The fraction of sp³-hybridized carbons (Fsp3) is 0.538. The second-order valence-electron chi connectivity index (χ2n) is 4.24. The standard InChI is InChI=1S/C13H18O2/c1-3-11-4-6-12(7-5-11)13(14)8-9-15-10(13)2/h4-7,10,14H,3,8-9H2,1-2H3. The largest absolute Gasteiger partial charge is 0.382 e. The molecule has 0 aromatic heterocycles. The third-order valence-electron chi connectivity index (χ3n) is 3.39. The van der Waals surface area contributed by atoms with E-state index in [9.17, 15) is 5.11 Å². The fourth-order valence-corrected chi connectivity index (χ4v) is 2.14. The van der Waals surface area contributed by atoms with Crippen LogP contribution in [0.25, 0.3) is 0 Å². The van der Waals surface area contributed by atoms with Crippen LogP contribution < -0.4 is 0 Å². The zero-order valence-corrected chi connectivity index (χ0v) is 9.36. The number of hydrogen-bond donors (Lipinski definition) is 1. The second kappa shape index (κ2) is 3.95. The molecule has 2 nitrogen and oxygen atoms in total. The molecule has 2 heteroatoms. The monoisotopic (exact) mass is 206 g/mol. The van der Waals surface area contributed by atoms with Crippen LogP contribution in [0.3, 0.4) is 0 Å². The molecule has 1 N–H and O–H groups in total. The average Bonchev–Trinajstić information content (AvgIpc) is 2.61. The lowest BCUT2D eigenvalue weighted by atomic mass is 9.87. The van der Waals surface area contributed by atoms with Crippen LogP contribution in [0, 0.1) is 0 Å². The molecule has 1 aliphatic rings. The molecule has 0 radical (unpaired) electrons. The summed E-state index contributed by atoms with van der Waals surface area (Å²) in [6, 6.07) is 8.20. The minimum absolute atomic E-state index is 0.107. The van der Waals surface area contributed by atoms with E-state index in [0.29, 0.717) is 13.0 Å². The van der Waals surface area contributed by atoms with Crippen molar-refractivity contribution in [3.8, 4) is 0 Å². The van der Waals surface area contributed by atoms with Crippen LogP contribution in [-0.4, -0.2) is 17.8 Å². The maximum Gasteiger partial charge on any atom is 0.118 e. The number of aliphatic hydroxyl groups is 1. The number of benzene rings is 1. The zero-order chi connectivity index (χ0) is 10.9. The van der Waals surface area contributed by atoms with Gasteiger partial charge in [-0.2, -0.15) is 0 Å². The summed E-state index contributed by atoms with van der Waals surface area (Å²) < 4.78 is 5.43. The third-order valence-corrected chi connectivity index (χ3v) is 3.39. The molecule has 0 amide bonds. The number of aryl methyl sites for hydroxylation is 1. The minimum Gasteiger partial charge on any atom is -0.382 e. The van der Waals surface area contributed by atoms with Gasteiger partial charge in [-0.3, -0.25) is 0 Å². The van der Waals surface area contributed by atoms with Crippen molar-refractivity contribution in [2.24, 2.45) is 0 Å². The summed E-state index contributed by atoms with van der Waals surface area (Å²) in [4.78, 5) is 0. The maximum atomic E-state index is 10.5. The highest BCUT2D eigenvalue weighted by atomic mass is 16.5. The van der Waals surface area contributed by atoms with E-state index < -0.39 is 5.60 Å². The Bertz CT molecular complexity index is 331. The molecule has 0 saturated carbocycles.